The molecule has 5 heteroatoms. The van der Waals surface area contributed by atoms with Crippen molar-refractivity contribution >= 4 is 17.7 Å². The van der Waals surface area contributed by atoms with Crippen molar-refractivity contribution in [3.05, 3.63) is 48.0 Å². The number of hydrogen-bond acceptors (Lipinski definition) is 3. The lowest BCUT2D eigenvalue weighted by atomic mass is 10.1. The molecule has 1 aliphatic heterocycles. The average Bonchev–Trinajstić information content (AvgIpc) is 3.09. The van der Waals surface area contributed by atoms with Crippen LogP contribution in [0.5, 0.6) is 0 Å². The minimum absolute atomic E-state index is 0.000281. The quantitative estimate of drug-likeness (QED) is 0.944. The lowest BCUT2D eigenvalue weighted by Gasteiger charge is -2.11. The number of fused-ring (bicyclic) bond motifs is 1. The summed E-state index contributed by atoms with van der Waals surface area (Å²) < 4.78 is 2.19. The number of carbonyl (C=O) groups excluding carboxylic acids is 1. The van der Waals surface area contributed by atoms with E-state index in [9.17, 15) is 4.79 Å². The predicted molar refractivity (Wildman–Crippen MR) is 82.1 cm³/mol. The summed E-state index contributed by atoms with van der Waals surface area (Å²) in [7, 11) is 0. The van der Waals surface area contributed by atoms with Gasteiger partial charge in [-0.15, -0.1) is 11.8 Å². The van der Waals surface area contributed by atoms with E-state index < -0.39 is 0 Å². The average molecular weight is 299 g/mol. The number of imidazole rings is 1. The Bertz CT molecular complexity index is 653. The van der Waals surface area contributed by atoms with Crippen LogP contribution in [0.2, 0.25) is 0 Å². The zero-order chi connectivity index (χ0) is 14.2. The smallest absolute Gasteiger partial charge is 0.234 e. The summed E-state index contributed by atoms with van der Waals surface area (Å²) in [6.45, 7) is 0.572. The molecule has 1 aromatic heterocycles. The molecule has 1 unspecified atom stereocenters. The SMILES string of the molecule is O=C(NCc1cncn1C1CC1)C1Cc2ccccc2S1. The van der Waals surface area contributed by atoms with Crippen LogP contribution < -0.4 is 5.32 Å². The summed E-state index contributed by atoms with van der Waals surface area (Å²) in [5, 5.41) is 3.06. The third kappa shape index (κ3) is 2.58. The third-order valence-electron chi connectivity index (χ3n) is 4.07. The van der Waals surface area contributed by atoms with E-state index in [0.29, 0.717) is 12.6 Å². The summed E-state index contributed by atoms with van der Waals surface area (Å²) in [6, 6.07) is 8.87. The number of benzene rings is 1. The molecular formula is C16H17N3OS. The van der Waals surface area contributed by atoms with Gasteiger partial charge < -0.3 is 9.88 Å². The largest absolute Gasteiger partial charge is 0.349 e. The Hall–Kier alpha value is -1.75. The molecule has 0 spiro atoms. The number of aromatic nitrogens is 2. The monoisotopic (exact) mass is 299 g/mol. The first kappa shape index (κ1) is 13.0. The minimum Gasteiger partial charge on any atom is -0.349 e. The first-order chi connectivity index (χ1) is 10.3. The Morgan fingerprint density at radius 1 is 1.38 bits per heavy atom. The highest BCUT2D eigenvalue weighted by Gasteiger charge is 2.29. The van der Waals surface area contributed by atoms with E-state index in [-0.39, 0.29) is 11.2 Å². The van der Waals surface area contributed by atoms with E-state index in [1.165, 1.54) is 23.3 Å². The van der Waals surface area contributed by atoms with Crippen molar-refractivity contribution in [2.45, 2.75) is 42.0 Å². The molecule has 0 saturated heterocycles. The molecule has 2 aromatic rings. The van der Waals surface area contributed by atoms with E-state index in [1.807, 2.05) is 24.7 Å². The van der Waals surface area contributed by atoms with Gasteiger partial charge in [0.1, 0.15) is 0 Å². The van der Waals surface area contributed by atoms with Crippen molar-refractivity contribution in [1.29, 1.82) is 0 Å². The Balaban J connectivity index is 1.38. The van der Waals surface area contributed by atoms with Crippen LogP contribution in [0.25, 0.3) is 0 Å². The molecule has 1 atom stereocenters. The molecule has 21 heavy (non-hydrogen) atoms. The van der Waals surface area contributed by atoms with Crippen LogP contribution in [0.3, 0.4) is 0 Å². The standard InChI is InChI=1S/C16H17N3OS/c20-16(15-7-11-3-1-2-4-14(11)21-15)18-9-13-8-17-10-19(13)12-5-6-12/h1-4,8,10,12,15H,5-7,9H2,(H,18,20). The van der Waals surface area contributed by atoms with Crippen molar-refractivity contribution in [2.24, 2.45) is 0 Å². The van der Waals surface area contributed by atoms with E-state index in [2.05, 4.69) is 27.0 Å². The molecule has 4 nitrogen and oxygen atoms in total. The van der Waals surface area contributed by atoms with E-state index in [1.54, 1.807) is 11.8 Å². The van der Waals surface area contributed by atoms with Crippen LogP contribution >= 0.6 is 11.8 Å². The van der Waals surface area contributed by atoms with Crippen LogP contribution in [0.4, 0.5) is 0 Å². The van der Waals surface area contributed by atoms with Crippen molar-refractivity contribution in [3.8, 4) is 0 Å². The maximum absolute atomic E-state index is 12.3. The molecule has 1 fully saturated rings. The van der Waals surface area contributed by atoms with Gasteiger partial charge >= 0.3 is 0 Å². The Labute approximate surface area is 128 Å². The number of nitrogens with one attached hydrogen (secondary N) is 1. The number of thioether (sulfide) groups is 1. The van der Waals surface area contributed by atoms with Gasteiger partial charge in [-0.05, 0) is 30.9 Å². The molecule has 108 valence electrons. The first-order valence-corrected chi connectivity index (χ1v) is 8.22. The second-order valence-corrected chi connectivity index (χ2v) is 6.90. The summed E-state index contributed by atoms with van der Waals surface area (Å²) in [6.07, 6.45) is 7.01. The Morgan fingerprint density at radius 3 is 3.05 bits per heavy atom. The van der Waals surface area contributed by atoms with Gasteiger partial charge in [0.2, 0.25) is 5.91 Å². The maximum Gasteiger partial charge on any atom is 0.234 e. The highest BCUT2D eigenvalue weighted by Crippen LogP contribution is 2.37. The fourth-order valence-corrected chi connectivity index (χ4v) is 3.99. The van der Waals surface area contributed by atoms with E-state index in [0.717, 1.165) is 12.1 Å². The van der Waals surface area contributed by atoms with Gasteiger partial charge in [0, 0.05) is 17.1 Å². The molecular weight excluding hydrogens is 282 g/mol. The maximum atomic E-state index is 12.3. The van der Waals surface area contributed by atoms with Crippen molar-refractivity contribution < 1.29 is 4.79 Å². The van der Waals surface area contributed by atoms with Crippen LogP contribution in [0.1, 0.15) is 30.1 Å². The summed E-state index contributed by atoms with van der Waals surface area (Å²) in [4.78, 5) is 17.8. The Kier molecular flexibility index (Phi) is 3.22. The Morgan fingerprint density at radius 2 is 2.24 bits per heavy atom. The van der Waals surface area contributed by atoms with E-state index in [4.69, 9.17) is 0 Å². The fraction of sp³-hybridized carbons (Fsp3) is 0.375. The van der Waals surface area contributed by atoms with Gasteiger partial charge in [-0.25, -0.2) is 4.98 Å². The lowest BCUT2D eigenvalue weighted by molar-refractivity contribution is -0.120. The molecule has 1 N–H and O–H groups in total. The van der Waals surface area contributed by atoms with Gasteiger partial charge in [0.05, 0.1) is 23.8 Å². The van der Waals surface area contributed by atoms with Gasteiger partial charge in [-0.3, -0.25) is 4.79 Å². The number of rotatable bonds is 4. The number of hydrogen-bond donors (Lipinski definition) is 1. The predicted octanol–water partition coefficient (Wildman–Crippen LogP) is 2.55. The molecule has 4 rings (SSSR count). The van der Waals surface area contributed by atoms with Gasteiger partial charge in [-0.1, -0.05) is 18.2 Å². The highest BCUT2D eigenvalue weighted by molar-refractivity contribution is 8.01. The van der Waals surface area contributed by atoms with Crippen LogP contribution in [-0.4, -0.2) is 20.7 Å². The second-order valence-electron chi connectivity index (χ2n) is 5.66. The molecule has 0 bridgehead atoms. The third-order valence-corrected chi connectivity index (χ3v) is 5.39. The van der Waals surface area contributed by atoms with Gasteiger partial charge in [0.15, 0.2) is 0 Å². The summed E-state index contributed by atoms with van der Waals surface area (Å²) >= 11 is 1.67. The summed E-state index contributed by atoms with van der Waals surface area (Å²) in [5.74, 6) is 0.125. The fourth-order valence-electron chi connectivity index (χ4n) is 2.77. The first-order valence-electron chi connectivity index (χ1n) is 7.34. The highest BCUT2D eigenvalue weighted by atomic mass is 32.2. The van der Waals surface area contributed by atoms with Crippen LogP contribution in [0.15, 0.2) is 41.7 Å². The van der Waals surface area contributed by atoms with Crippen molar-refractivity contribution in [3.63, 3.8) is 0 Å². The van der Waals surface area contributed by atoms with Gasteiger partial charge in [0.25, 0.3) is 0 Å². The van der Waals surface area contributed by atoms with Crippen molar-refractivity contribution in [2.75, 3.05) is 0 Å². The lowest BCUT2D eigenvalue weighted by Crippen LogP contribution is -2.32. The normalized spacial score (nSPS) is 20.3. The number of nitrogens with zero attached hydrogens (tertiary/aromatic N) is 2. The van der Waals surface area contributed by atoms with Crippen molar-refractivity contribution in [1.82, 2.24) is 14.9 Å². The number of carbonyl (C=O) groups is 1. The summed E-state index contributed by atoms with van der Waals surface area (Å²) in [5.41, 5.74) is 2.39. The second kappa shape index (κ2) is 5.22. The molecule has 2 aliphatic rings. The molecule has 0 radical (unpaired) electrons. The zero-order valence-electron chi connectivity index (χ0n) is 11.7. The number of amides is 1. The van der Waals surface area contributed by atoms with Gasteiger partial charge in [-0.2, -0.15) is 0 Å². The minimum atomic E-state index is -0.000281. The molecule has 1 amide bonds. The molecule has 1 aromatic carbocycles. The van der Waals surface area contributed by atoms with Crippen LogP contribution in [0, 0.1) is 0 Å². The molecule has 2 heterocycles. The zero-order valence-corrected chi connectivity index (χ0v) is 12.5. The molecule has 1 saturated carbocycles. The van der Waals surface area contributed by atoms with E-state index >= 15 is 0 Å². The topological polar surface area (TPSA) is 46.9 Å². The molecule has 1 aliphatic carbocycles. The van der Waals surface area contributed by atoms with Crippen LogP contribution in [-0.2, 0) is 17.8 Å².